The van der Waals surface area contributed by atoms with E-state index < -0.39 is 10.0 Å². The maximum Gasteiger partial charge on any atom is 0.253 e. The Labute approximate surface area is 148 Å². The molecular weight excluding hydrogens is 336 g/mol. The highest BCUT2D eigenvalue weighted by Crippen LogP contribution is 2.21. The molecule has 5 nitrogen and oxygen atoms in total. The zero-order valence-corrected chi connectivity index (χ0v) is 15.0. The minimum atomic E-state index is -3.20. The standard InChI is InChI=1S/C19H22N2O3S/c1-25(23,24)20-18-11-13-21(14-12-18)19(22)17-9-7-16(8-10-17)15-5-3-2-4-6-15/h2-10,18,20H,11-14H2,1H3. The van der Waals surface area contributed by atoms with Gasteiger partial charge >= 0.3 is 0 Å². The number of hydrogen-bond donors (Lipinski definition) is 1. The average Bonchev–Trinajstić information content (AvgIpc) is 2.61. The van der Waals surface area contributed by atoms with Gasteiger partial charge in [0, 0.05) is 24.7 Å². The van der Waals surface area contributed by atoms with Crippen molar-refractivity contribution in [3.05, 3.63) is 60.2 Å². The van der Waals surface area contributed by atoms with Gasteiger partial charge in [-0.2, -0.15) is 0 Å². The first-order chi connectivity index (χ1) is 11.9. The van der Waals surface area contributed by atoms with Crippen molar-refractivity contribution in [2.45, 2.75) is 18.9 Å². The summed E-state index contributed by atoms with van der Waals surface area (Å²) in [4.78, 5) is 14.4. The van der Waals surface area contributed by atoms with E-state index in [9.17, 15) is 13.2 Å². The van der Waals surface area contributed by atoms with Crippen LogP contribution in [0.3, 0.4) is 0 Å². The second kappa shape index (κ2) is 7.37. The van der Waals surface area contributed by atoms with Crippen molar-refractivity contribution in [3.8, 4) is 11.1 Å². The molecule has 1 fully saturated rings. The van der Waals surface area contributed by atoms with Crippen LogP contribution >= 0.6 is 0 Å². The lowest BCUT2D eigenvalue weighted by atomic mass is 10.0. The Hall–Kier alpha value is -2.18. The van der Waals surface area contributed by atoms with Gasteiger partial charge in [-0.1, -0.05) is 42.5 Å². The Kier molecular flexibility index (Phi) is 5.20. The average molecular weight is 358 g/mol. The highest BCUT2D eigenvalue weighted by molar-refractivity contribution is 7.88. The Morgan fingerprint density at radius 2 is 1.52 bits per heavy atom. The molecule has 2 aromatic rings. The van der Waals surface area contributed by atoms with E-state index in [4.69, 9.17) is 0 Å². The summed E-state index contributed by atoms with van der Waals surface area (Å²) in [7, 11) is -3.20. The number of amides is 1. The number of rotatable bonds is 4. The van der Waals surface area contributed by atoms with Crippen molar-refractivity contribution in [1.82, 2.24) is 9.62 Å². The van der Waals surface area contributed by atoms with Gasteiger partial charge < -0.3 is 4.90 Å². The highest BCUT2D eigenvalue weighted by atomic mass is 32.2. The minimum absolute atomic E-state index is 0.00239. The molecule has 25 heavy (non-hydrogen) atoms. The number of nitrogens with one attached hydrogen (secondary N) is 1. The molecule has 0 bridgehead atoms. The Bertz CT molecular complexity index is 825. The quantitative estimate of drug-likeness (QED) is 0.913. The molecule has 1 heterocycles. The smallest absolute Gasteiger partial charge is 0.253 e. The van der Waals surface area contributed by atoms with E-state index in [1.54, 1.807) is 4.90 Å². The molecule has 0 atom stereocenters. The van der Waals surface area contributed by atoms with Crippen LogP contribution in [0.4, 0.5) is 0 Å². The number of carbonyl (C=O) groups excluding carboxylic acids is 1. The van der Waals surface area contributed by atoms with Gasteiger partial charge in [0.1, 0.15) is 0 Å². The van der Waals surface area contributed by atoms with E-state index in [1.807, 2.05) is 54.6 Å². The van der Waals surface area contributed by atoms with Crippen LogP contribution in [0.2, 0.25) is 0 Å². The first-order valence-corrected chi connectivity index (χ1v) is 10.2. The summed E-state index contributed by atoms with van der Waals surface area (Å²) in [5, 5.41) is 0. The number of sulfonamides is 1. The van der Waals surface area contributed by atoms with E-state index in [1.165, 1.54) is 6.26 Å². The number of likely N-dealkylation sites (tertiary alicyclic amines) is 1. The van der Waals surface area contributed by atoms with Crippen LogP contribution in [0, 0.1) is 0 Å². The van der Waals surface area contributed by atoms with E-state index >= 15 is 0 Å². The second-order valence-corrected chi connectivity index (χ2v) is 8.18. The number of piperidine rings is 1. The number of benzene rings is 2. The van der Waals surface area contributed by atoms with Crippen molar-refractivity contribution < 1.29 is 13.2 Å². The monoisotopic (exact) mass is 358 g/mol. The molecule has 0 aromatic heterocycles. The third kappa shape index (κ3) is 4.67. The van der Waals surface area contributed by atoms with E-state index in [2.05, 4.69) is 4.72 Å². The summed E-state index contributed by atoms with van der Waals surface area (Å²) >= 11 is 0. The lowest BCUT2D eigenvalue weighted by molar-refractivity contribution is 0.0711. The van der Waals surface area contributed by atoms with Gasteiger partial charge in [0.05, 0.1) is 6.26 Å². The largest absolute Gasteiger partial charge is 0.339 e. The van der Waals surface area contributed by atoms with E-state index in [-0.39, 0.29) is 11.9 Å². The number of nitrogens with zero attached hydrogens (tertiary/aromatic N) is 1. The summed E-state index contributed by atoms with van der Waals surface area (Å²) in [6.45, 7) is 1.12. The molecule has 3 rings (SSSR count). The van der Waals surface area contributed by atoms with Gasteiger partial charge in [0.2, 0.25) is 10.0 Å². The van der Waals surface area contributed by atoms with Gasteiger partial charge in [0.15, 0.2) is 0 Å². The molecule has 0 spiro atoms. The van der Waals surface area contributed by atoms with Crippen LogP contribution in [0.1, 0.15) is 23.2 Å². The van der Waals surface area contributed by atoms with Gasteiger partial charge in [-0.05, 0) is 36.1 Å². The molecule has 1 amide bonds. The molecule has 0 unspecified atom stereocenters. The molecule has 1 saturated heterocycles. The second-order valence-electron chi connectivity index (χ2n) is 6.40. The molecular formula is C19H22N2O3S. The predicted molar refractivity (Wildman–Crippen MR) is 98.8 cm³/mol. The fourth-order valence-electron chi connectivity index (χ4n) is 3.12. The molecule has 6 heteroatoms. The summed E-state index contributed by atoms with van der Waals surface area (Å²) in [6.07, 6.45) is 2.45. The minimum Gasteiger partial charge on any atom is -0.339 e. The van der Waals surface area contributed by atoms with Gasteiger partial charge in [-0.3, -0.25) is 4.79 Å². The maximum atomic E-state index is 12.6. The SMILES string of the molecule is CS(=O)(=O)NC1CCN(C(=O)c2ccc(-c3ccccc3)cc2)CC1. The van der Waals surface area contributed by atoms with Crippen molar-refractivity contribution >= 4 is 15.9 Å². The molecule has 0 radical (unpaired) electrons. The topological polar surface area (TPSA) is 66.5 Å². The fraction of sp³-hybridized carbons (Fsp3) is 0.316. The van der Waals surface area contributed by atoms with E-state index in [0.717, 1.165) is 11.1 Å². The lowest BCUT2D eigenvalue weighted by Crippen LogP contribution is -2.46. The molecule has 1 aliphatic heterocycles. The maximum absolute atomic E-state index is 12.6. The zero-order valence-electron chi connectivity index (χ0n) is 14.2. The normalized spacial score (nSPS) is 16.0. The van der Waals surface area contributed by atoms with Gasteiger partial charge in [-0.15, -0.1) is 0 Å². The molecule has 1 aliphatic rings. The van der Waals surface area contributed by atoms with Crippen LogP contribution in [0.15, 0.2) is 54.6 Å². The van der Waals surface area contributed by atoms with Crippen LogP contribution in [-0.4, -0.2) is 44.6 Å². The molecule has 132 valence electrons. The van der Waals surface area contributed by atoms with E-state index in [0.29, 0.717) is 31.5 Å². The highest BCUT2D eigenvalue weighted by Gasteiger charge is 2.25. The Morgan fingerprint density at radius 1 is 0.960 bits per heavy atom. The number of carbonyl (C=O) groups is 1. The van der Waals surface area contributed by atoms with Gasteiger partial charge in [-0.25, -0.2) is 13.1 Å². The Morgan fingerprint density at radius 3 is 2.08 bits per heavy atom. The van der Waals surface area contributed by atoms with Crippen LogP contribution in [-0.2, 0) is 10.0 Å². The van der Waals surface area contributed by atoms with Crippen molar-refractivity contribution in [2.24, 2.45) is 0 Å². The van der Waals surface area contributed by atoms with Crippen molar-refractivity contribution in [3.63, 3.8) is 0 Å². The molecule has 2 aromatic carbocycles. The third-order valence-corrected chi connectivity index (χ3v) is 5.16. The van der Waals surface area contributed by atoms with Crippen LogP contribution in [0.5, 0.6) is 0 Å². The predicted octanol–water partition coefficient (Wildman–Crippen LogP) is 2.51. The summed E-state index contributed by atoms with van der Waals surface area (Å²) in [6, 6.07) is 17.6. The lowest BCUT2D eigenvalue weighted by Gasteiger charge is -2.32. The van der Waals surface area contributed by atoms with Crippen LogP contribution in [0.25, 0.3) is 11.1 Å². The first kappa shape index (κ1) is 17.6. The summed E-state index contributed by atoms with van der Waals surface area (Å²) < 4.78 is 25.2. The summed E-state index contributed by atoms with van der Waals surface area (Å²) in [5.74, 6) is -0.00239. The van der Waals surface area contributed by atoms with Crippen molar-refractivity contribution in [1.29, 1.82) is 0 Å². The Balaban J connectivity index is 1.62. The summed E-state index contributed by atoms with van der Waals surface area (Å²) in [5.41, 5.74) is 2.86. The molecule has 0 saturated carbocycles. The van der Waals surface area contributed by atoms with Gasteiger partial charge in [0.25, 0.3) is 5.91 Å². The molecule has 1 N–H and O–H groups in total. The van der Waals surface area contributed by atoms with Crippen molar-refractivity contribution in [2.75, 3.05) is 19.3 Å². The fourth-order valence-corrected chi connectivity index (χ4v) is 3.96. The molecule has 0 aliphatic carbocycles. The zero-order chi connectivity index (χ0) is 17.9. The first-order valence-electron chi connectivity index (χ1n) is 8.34. The van der Waals surface area contributed by atoms with Crippen LogP contribution < -0.4 is 4.72 Å². The number of hydrogen-bond acceptors (Lipinski definition) is 3. The third-order valence-electron chi connectivity index (χ3n) is 4.40.